The molecule has 0 aromatic heterocycles. The average Bonchev–Trinajstić information content (AvgIpc) is 2.68. The molecule has 156 valence electrons. The van der Waals surface area contributed by atoms with Crippen LogP contribution in [0.5, 0.6) is 0 Å². The lowest BCUT2D eigenvalue weighted by atomic mass is 9.82. The minimum Gasteiger partial charge on any atom is -0.399 e. The lowest BCUT2D eigenvalue weighted by molar-refractivity contribution is -0.125. The Morgan fingerprint density at radius 1 is 1.11 bits per heavy atom. The van der Waals surface area contributed by atoms with Crippen LogP contribution in [0.1, 0.15) is 88.3 Å². The van der Waals surface area contributed by atoms with E-state index in [1.54, 1.807) is 0 Å². The molecule has 0 saturated heterocycles. The van der Waals surface area contributed by atoms with Gasteiger partial charge in [-0.05, 0) is 54.4 Å². The standard InChI is InChI=1S/C25H40N2O/c1-19(2)11-9-7-5-4-6-8-10-16-27-25(28)24-15-14-22-17-21(20(3)26)12-13-23(22)18-24/h12-13,17,19,24H,3-11,14-16,18,26H2,1-2H3,(H,27,28). The van der Waals surface area contributed by atoms with Crippen molar-refractivity contribution < 1.29 is 4.79 Å². The normalized spacial score (nSPS) is 16.0. The number of rotatable bonds is 12. The van der Waals surface area contributed by atoms with Gasteiger partial charge in [-0.2, -0.15) is 0 Å². The van der Waals surface area contributed by atoms with Crippen molar-refractivity contribution in [3.05, 3.63) is 41.5 Å². The monoisotopic (exact) mass is 384 g/mol. The van der Waals surface area contributed by atoms with Gasteiger partial charge in [-0.15, -0.1) is 0 Å². The number of carbonyl (C=O) groups is 1. The van der Waals surface area contributed by atoms with Crippen LogP contribution in [0.4, 0.5) is 0 Å². The SMILES string of the molecule is C=C(N)c1ccc2c(c1)CCC(C(=O)NCCCCCCCCCC(C)C)C2. The minimum atomic E-state index is 0.111. The number of unbranched alkanes of at least 4 members (excludes halogenated alkanes) is 6. The molecule has 1 amide bonds. The van der Waals surface area contributed by atoms with Crippen LogP contribution >= 0.6 is 0 Å². The Bertz CT molecular complexity index is 635. The molecule has 3 heteroatoms. The number of amides is 1. The first kappa shape index (κ1) is 22.5. The van der Waals surface area contributed by atoms with Crippen LogP contribution in [-0.4, -0.2) is 12.5 Å². The highest BCUT2D eigenvalue weighted by Crippen LogP contribution is 2.27. The number of fused-ring (bicyclic) bond motifs is 1. The number of benzene rings is 1. The average molecular weight is 385 g/mol. The molecule has 1 aromatic rings. The van der Waals surface area contributed by atoms with Crippen molar-refractivity contribution in [2.75, 3.05) is 6.54 Å². The van der Waals surface area contributed by atoms with Gasteiger partial charge in [0.2, 0.25) is 5.91 Å². The molecule has 3 N–H and O–H groups in total. The van der Waals surface area contributed by atoms with Gasteiger partial charge in [0.15, 0.2) is 0 Å². The molecule has 0 heterocycles. The molecule has 0 bridgehead atoms. The summed E-state index contributed by atoms with van der Waals surface area (Å²) in [5.74, 6) is 1.18. The van der Waals surface area contributed by atoms with E-state index in [2.05, 4.69) is 37.9 Å². The maximum Gasteiger partial charge on any atom is 0.223 e. The van der Waals surface area contributed by atoms with E-state index in [9.17, 15) is 4.79 Å². The quantitative estimate of drug-likeness (QED) is 0.460. The summed E-state index contributed by atoms with van der Waals surface area (Å²) in [6.07, 6.45) is 13.1. The van der Waals surface area contributed by atoms with Crippen LogP contribution in [0.2, 0.25) is 0 Å². The maximum atomic E-state index is 12.5. The molecule has 0 radical (unpaired) electrons. The summed E-state index contributed by atoms with van der Waals surface area (Å²) >= 11 is 0. The van der Waals surface area contributed by atoms with E-state index in [4.69, 9.17) is 5.73 Å². The summed E-state index contributed by atoms with van der Waals surface area (Å²) in [5, 5.41) is 3.16. The van der Waals surface area contributed by atoms with Crippen LogP contribution in [-0.2, 0) is 17.6 Å². The third kappa shape index (κ3) is 7.69. The third-order valence-corrected chi connectivity index (χ3v) is 5.93. The van der Waals surface area contributed by atoms with Gasteiger partial charge in [-0.1, -0.05) is 77.5 Å². The Hall–Kier alpha value is -1.77. The fourth-order valence-electron chi connectivity index (χ4n) is 4.10. The smallest absolute Gasteiger partial charge is 0.223 e. The zero-order chi connectivity index (χ0) is 20.4. The summed E-state index contributed by atoms with van der Waals surface area (Å²) in [6, 6.07) is 6.27. The number of nitrogens with two attached hydrogens (primary N) is 1. The molecule has 28 heavy (non-hydrogen) atoms. The first-order valence-corrected chi connectivity index (χ1v) is 11.3. The molecule has 0 saturated carbocycles. The third-order valence-electron chi connectivity index (χ3n) is 5.93. The van der Waals surface area contributed by atoms with Gasteiger partial charge in [-0.3, -0.25) is 4.79 Å². The highest BCUT2D eigenvalue weighted by Gasteiger charge is 2.24. The van der Waals surface area contributed by atoms with Crippen molar-refractivity contribution >= 4 is 11.6 Å². The van der Waals surface area contributed by atoms with E-state index in [0.717, 1.165) is 43.7 Å². The molecule has 3 nitrogen and oxygen atoms in total. The number of hydrogen-bond donors (Lipinski definition) is 2. The fraction of sp³-hybridized carbons (Fsp3) is 0.640. The number of hydrogen-bond acceptors (Lipinski definition) is 2. The molecule has 1 unspecified atom stereocenters. The highest BCUT2D eigenvalue weighted by molar-refractivity contribution is 5.79. The van der Waals surface area contributed by atoms with Gasteiger partial charge < -0.3 is 11.1 Å². The molecule has 2 rings (SSSR count). The van der Waals surface area contributed by atoms with Crippen molar-refractivity contribution in [2.45, 2.75) is 84.5 Å². The molecular weight excluding hydrogens is 344 g/mol. The highest BCUT2D eigenvalue weighted by atomic mass is 16.1. The van der Waals surface area contributed by atoms with E-state index < -0.39 is 0 Å². The maximum absolute atomic E-state index is 12.5. The summed E-state index contributed by atoms with van der Waals surface area (Å²) in [6.45, 7) is 9.23. The predicted octanol–water partition coefficient (Wildman–Crippen LogP) is 5.61. The van der Waals surface area contributed by atoms with Crippen LogP contribution in [0, 0.1) is 11.8 Å². The summed E-state index contributed by atoms with van der Waals surface area (Å²) < 4.78 is 0. The van der Waals surface area contributed by atoms with Crippen LogP contribution in [0.15, 0.2) is 24.8 Å². The van der Waals surface area contributed by atoms with Crippen molar-refractivity contribution in [1.82, 2.24) is 5.32 Å². The Kier molecular flexibility index (Phi) is 9.60. The van der Waals surface area contributed by atoms with Gasteiger partial charge in [0, 0.05) is 18.2 Å². The largest absolute Gasteiger partial charge is 0.399 e. The number of nitrogens with one attached hydrogen (secondary N) is 1. The first-order valence-electron chi connectivity index (χ1n) is 11.3. The molecular formula is C25H40N2O. The Morgan fingerprint density at radius 3 is 2.46 bits per heavy atom. The first-order chi connectivity index (χ1) is 13.5. The zero-order valence-electron chi connectivity index (χ0n) is 18.1. The van der Waals surface area contributed by atoms with Gasteiger partial charge in [0.25, 0.3) is 0 Å². The van der Waals surface area contributed by atoms with Gasteiger partial charge in [-0.25, -0.2) is 0 Å². The summed E-state index contributed by atoms with van der Waals surface area (Å²) in [5.41, 5.74) is 10.0. The van der Waals surface area contributed by atoms with E-state index in [1.165, 1.54) is 56.1 Å². The molecule has 1 atom stereocenters. The van der Waals surface area contributed by atoms with Crippen molar-refractivity contribution in [2.24, 2.45) is 17.6 Å². The van der Waals surface area contributed by atoms with Crippen LogP contribution in [0.25, 0.3) is 5.70 Å². The zero-order valence-corrected chi connectivity index (χ0v) is 18.1. The number of carbonyl (C=O) groups excluding carboxylic acids is 1. The van der Waals surface area contributed by atoms with E-state index in [0.29, 0.717) is 5.70 Å². The van der Waals surface area contributed by atoms with Gasteiger partial charge in [0.05, 0.1) is 0 Å². The Morgan fingerprint density at radius 2 is 1.79 bits per heavy atom. The van der Waals surface area contributed by atoms with E-state index in [1.807, 2.05) is 6.07 Å². The van der Waals surface area contributed by atoms with Gasteiger partial charge in [0.1, 0.15) is 0 Å². The minimum absolute atomic E-state index is 0.111. The second-order valence-corrected chi connectivity index (χ2v) is 8.90. The van der Waals surface area contributed by atoms with Crippen LogP contribution < -0.4 is 11.1 Å². The Balaban J connectivity index is 1.57. The Labute approximate surface area is 172 Å². The molecule has 1 aliphatic carbocycles. The van der Waals surface area contributed by atoms with E-state index in [-0.39, 0.29) is 11.8 Å². The predicted molar refractivity (Wildman–Crippen MR) is 120 cm³/mol. The van der Waals surface area contributed by atoms with Gasteiger partial charge >= 0.3 is 0 Å². The number of aryl methyl sites for hydroxylation is 1. The van der Waals surface area contributed by atoms with Crippen molar-refractivity contribution in [1.29, 1.82) is 0 Å². The second-order valence-electron chi connectivity index (χ2n) is 8.90. The van der Waals surface area contributed by atoms with Crippen LogP contribution in [0.3, 0.4) is 0 Å². The molecule has 1 aromatic carbocycles. The fourth-order valence-corrected chi connectivity index (χ4v) is 4.10. The topological polar surface area (TPSA) is 55.1 Å². The second kappa shape index (κ2) is 11.9. The van der Waals surface area contributed by atoms with Crippen molar-refractivity contribution in [3.8, 4) is 0 Å². The van der Waals surface area contributed by atoms with E-state index >= 15 is 0 Å². The lowest BCUT2D eigenvalue weighted by Gasteiger charge is -2.24. The lowest BCUT2D eigenvalue weighted by Crippen LogP contribution is -2.34. The van der Waals surface area contributed by atoms with Crippen molar-refractivity contribution in [3.63, 3.8) is 0 Å². The molecule has 0 spiro atoms. The summed E-state index contributed by atoms with van der Waals surface area (Å²) in [7, 11) is 0. The summed E-state index contributed by atoms with van der Waals surface area (Å²) in [4.78, 5) is 12.5. The molecule has 0 aliphatic heterocycles. The molecule has 1 aliphatic rings. The molecule has 0 fully saturated rings.